The van der Waals surface area contributed by atoms with E-state index < -0.39 is 12.7 Å². The van der Waals surface area contributed by atoms with Crippen molar-refractivity contribution >= 4 is 0 Å². The van der Waals surface area contributed by atoms with E-state index in [-0.39, 0.29) is 0 Å². The molecule has 1 rings (SSSR count). The van der Waals surface area contributed by atoms with Gasteiger partial charge in [-0.15, -0.1) is 0 Å². The van der Waals surface area contributed by atoms with Crippen molar-refractivity contribution in [2.75, 3.05) is 19.6 Å². The highest BCUT2D eigenvalue weighted by Crippen LogP contribution is 2.20. The van der Waals surface area contributed by atoms with Crippen LogP contribution in [0.3, 0.4) is 0 Å². The van der Waals surface area contributed by atoms with Gasteiger partial charge in [-0.3, -0.25) is 4.90 Å². The lowest BCUT2D eigenvalue weighted by molar-refractivity contribution is -0.148. The molecule has 0 saturated carbocycles. The van der Waals surface area contributed by atoms with Gasteiger partial charge in [0.2, 0.25) is 0 Å². The van der Waals surface area contributed by atoms with Gasteiger partial charge in [-0.25, -0.2) is 0 Å². The van der Waals surface area contributed by atoms with Crippen molar-refractivity contribution in [3.8, 4) is 0 Å². The Morgan fingerprint density at radius 1 is 1.10 bits per heavy atom. The van der Waals surface area contributed by atoms with Crippen LogP contribution in [0.1, 0.15) is 58.8 Å². The number of halogens is 3. The fourth-order valence-electron chi connectivity index (χ4n) is 2.95. The SMILES string of the molecule is CCCCC(CCC)NC1CCN(CC(F)(F)F)CC1. The Morgan fingerprint density at radius 3 is 2.25 bits per heavy atom. The Labute approximate surface area is 121 Å². The summed E-state index contributed by atoms with van der Waals surface area (Å²) >= 11 is 0. The number of nitrogens with one attached hydrogen (secondary N) is 1. The topological polar surface area (TPSA) is 15.3 Å². The molecule has 0 bridgehead atoms. The standard InChI is InChI=1S/C15H29F3N2/c1-3-5-7-13(6-4-2)19-14-8-10-20(11-9-14)12-15(16,17)18/h13-14,19H,3-12H2,1-2H3. The zero-order valence-electron chi connectivity index (χ0n) is 12.8. The minimum absolute atomic E-state index is 0.396. The van der Waals surface area contributed by atoms with Gasteiger partial charge in [0, 0.05) is 12.1 Å². The first-order valence-electron chi connectivity index (χ1n) is 7.99. The van der Waals surface area contributed by atoms with Crippen LogP contribution in [0.2, 0.25) is 0 Å². The molecule has 0 aromatic heterocycles. The molecule has 0 radical (unpaired) electrons. The van der Waals surface area contributed by atoms with E-state index in [9.17, 15) is 13.2 Å². The van der Waals surface area contributed by atoms with Crippen LogP contribution in [-0.4, -0.2) is 42.8 Å². The van der Waals surface area contributed by atoms with Crippen LogP contribution in [0, 0.1) is 0 Å². The van der Waals surface area contributed by atoms with E-state index in [2.05, 4.69) is 19.2 Å². The van der Waals surface area contributed by atoms with E-state index >= 15 is 0 Å². The van der Waals surface area contributed by atoms with Crippen molar-refractivity contribution in [1.29, 1.82) is 0 Å². The summed E-state index contributed by atoms with van der Waals surface area (Å²) in [6.07, 6.45) is 3.55. The summed E-state index contributed by atoms with van der Waals surface area (Å²) in [6.45, 7) is 4.74. The minimum Gasteiger partial charge on any atom is -0.311 e. The molecule has 1 fully saturated rings. The van der Waals surface area contributed by atoms with Gasteiger partial charge in [0.15, 0.2) is 0 Å². The summed E-state index contributed by atoms with van der Waals surface area (Å²) in [5.74, 6) is 0. The fourth-order valence-corrected chi connectivity index (χ4v) is 2.95. The average molecular weight is 294 g/mol. The third-order valence-corrected chi connectivity index (χ3v) is 4.01. The summed E-state index contributed by atoms with van der Waals surface area (Å²) in [5, 5.41) is 3.67. The molecule has 0 aliphatic carbocycles. The van der Waals surface area contributed by atoms with Gasteiger partial charge >= 0.3 is 6.18 Å². The van der Waals surface area contributed by atoms with E-state index in [4.69, 9.17) is 0 Å². The van der Waals surface area contributed by atoms with Crippen LogP contribution >= 0.6 is 0 Å². The summed E-state index contributed by atoms with van der Waals surface area (Å²) in [7, 11) is 0. The summed E-state index contributed by atoms with van der Waals surface area (Å²) in [4.78, 5) is 1.53. The number of alkyl halides is 3. The zero-order chi connectivity index (χ0) is 15.0. The van der Waals surface area contributed by atoms with Crippen molar-refractivity contribution in [2.45, 2.75) is 77.1 Å². The van der Waals surface area contributed by atoms with Gasteiger partial charge in [0.25, 0.3) is 0 Å². The van der Waals surface area contributed by atoms with Gasteiger partial charge in [0.1, 0.15) is 0 Å². The van der Waals surface area contributed by atoms with Crippen molar-refractivity contribution < 1.29 is 13.2 Å². The molecule has 20 heavy (non-hydrogen) atoms. The molecule has 1 saturated heterocycles. The second-order valence-corrected chi connectivity index (χ2v) is 5.96. The maximum Gasteiger partial charge on any atom is 0.401 e. The summed E-state index contributed by atoms with van der Waals surface area (Å²) < 4.78 is 37.0. The Balaban J connectivity index is 2.29. The van der Waals surface area contributed by atoms with Crippen molar-refractivity contribution in [3.05, 3.63) is 0 Å². The van der Waals surface area contributed by atoms with Crippen LogP contribution in [0.15, 0.2) is 0 Å². The number of nitrogens with zero attached hydrogens (tertiary/aromatic N) is 1. The van der Waals surface area contributed by atoms with Crippen LogP contribution in [0.5, 0.6) is 0 Å². The Hall–Kier alpha value is -0.290. The van der Waals surface area contributed by atoms with E-state index in [0.717, 1.165) is 19.3 Å². The first-order chi connectivity index (χ1) is 9.44. The molecular formula is C15H29F3N2. The molecule has 0 spiro atoms. The first kappa shape index (κ1) is 17.8. The molecule has 0 aromatic rings. The Kier molecular flexibility index (Phi) is 7.88. The lowest BCUT2D eigenvalue weighted by atomic mass is 9.99. The molecule has 120 valence electrons. The largest absolute Gasteiger partial charge is 0.401 e. The van der Waals surface area contributed by atoms with Gasteiger partial charge in [-0.2, -0.15) is 13.2 Å². The maximum absolute atomic E-state index is 12.3. The molecule has 1 aliphatic heterocycles. The highest BCUT2D eigenvalue weighted by molar-refractivity contribution is 4.81. The van der Waals surface area contributed by atoms with E-state index in [0.29, 0.717) is 25.2 Å². The number of piperidine rings is 1. The Bertz CT molecular complexity index is 248. The number of hydrogen-bond donors (Lipinski definition) is 1. The van der Waals surface area contributed by atoms with Crippen LogP contribution in [0.25, 0.3) is 0 Å². The van der Waals surface area contributed by atoms with Gasteiger partial charge in [-0.05, 0) is 38.8 Å². The molecular weight excluding hydrogens is 265 g/mol. The van der Waals surface area contributed by atoms with Crippen LogP contribution in [0.4, 0.5) is 13.2 Å². The van der Waals surface area contributed by atoms with Crippen LogP contribution in [-0.2, 0) is 0 Å². The molecule has 1 aliphatic rings. The lowest BCUT2D eigenvalue weighted by Gasteiger charge is -2.35. The minimum atomic E-state index is -4.06. The van der Waals surface area contributed by atoms with Crippen LogP contribution < -0.4 is 5.32 Å². The number of likely N-dealkylation sites (tertiary alicyclic amines) is 1. The molecule has 0 aromatic carbocycles. The van der Waals surface area contributed by atoms with E-state index in [1.165, 1.54) is 30.6 Å². The summed E-state index contributed by atoms with van der Waals surface area (Å²) in [6, 6.07) is 0.937. The third kappa shape index (κ3) is 7.48. The van der Waals surface area contributed by atoms with Gasteiger partial charge in [0.05, 0.1) is 6.54 Å². The first-order valence-corrected chi connectivity index (χ1v) is 7.99. The zero-order valence-corrected chi connectivity index (χ0v) is 12.8. The molecule has 5 heteroatoms. The number of rotatable bonds is 8. The molecule has 1 atom stereocenters. The molecule has 1 unspecified atom stereocenters. The molecule has 1 N–H and O–H groups in total. The second-order valence-electron chi connectivity index (χ2n) is 5.96. The van der Waals surface area contributed by atoms with Gasteiger partial charge < -0.3 is 5.32 Å². The lowest BCUT2D eigenvalue weighted by Crippen LogP contribution is -2.48. The fraction of sp³-hybridized carbons (Fsp3) is 1.00. The average Bonchev–Trinajstić information content (AvgIpc) is 2.37. The number of hydrogen-bond acceptors (Lipinski definition) is 2. The number of unbranched alkanes of at least 4 members (excludes halogenated alkanes) is 1. The monoisotopic (exact) mass is 294 g/mol. The van der Waals surface area contributed by atoms with Crippen molar-refractivity contribution in [2.24, 2.45) is 0 Å². The summed E-state index contributed by atoms with van der Waals surface area (Å²) in [5.41, 5.74) is 0. The second kappa shape index (κ2) is 8.88. The van der Waals surface area contributed by atoms with E-state index in [1.54, 1.807) is 0 Å². The molecule has 1 heterocycles. The van der Waals surface area contributed by atoms with Crippen molar-refractivity contribution in [3.63, 3.8) is 0 Å². The molecule has 0 amide bonds. The smallest absolute Gasteiger partial charge is 0.311 e. The maximum atomic E-state index is 12.3. The Morgan fingerprint density at radius 2 is 1.75 bits per heavy atom. The quantitative estimate of drug-likeness (QED) is 0.729. The highest BCUT2D eigenvalue weighted by atomic mass is 19.4. The molecule has 2 nitrogen and oxygen atoms in total. The predicted octanol–water partition coefficient (Wildman–Crippen LogP) is 3.96. The third-order valence-electron chi connectivity index (χ3n) is 4.01. The highest BCUT2D eigenvalue weighted by Gasteiger charge is 2.32. The van der Waals surface area contributed by atoms with Gasteiger partial charge in [-0.1, -0.05) is 33.1 Å². The normalized spacial score (nSPS) is 20.2. The van der Waals surface area contributed by atoms with E-state index in [1.807, 2.05) is 0 Å². The van der Waals surface area contributed by atoms with Crippen molar-refractivity contribution in [1.82, 2.24) is 10.2 Å². The predicted molar refractivity (Wildman–Crippen MR) is 76.9 cm³/mol.